The Balaban J connectivity index is 1.23. The molecule has 0 radical (unpaired) electrons. The number of nitrogens with one attached hydrogen (secondary N) is 1. The number of aromatic nitrogens is 4. The van der Waals surface area contributed by atoms with Crippen LogP contribution in [0.4, 0.5) is 11.4 Å². The van der Waals surface area contributed by atoms with Crippen LogP contribution in [-0.2, 0) is 9.59 Å². The van der Waals surface area contributed by atoms with Gasteiger partial charge in [-0.05, 0) is 57.2 Å². The van der Waals surface area contributed by atoms with Gasteiger partial charge >= 0.3 is 0 Å². The lowest BCUT2D eigenvalue weighted by molar-refractivity contribution is -0.122. The van der Waals surface area contributed by atoms with Gasteiger partial charge in [-0.1, -0.05) is 6.07 Å². The van der Waals surface area contributed by atoms with Crippen molar-refractivity contribution in [3.8, 4) is 23.2 Å². The molecule has 0 bridgehead atoms. The highest BCUT2D eigenvalue weighted by atomic mass is 16.5. The molecule has 194 valence electrons. The predicted octanol–water partition coefficient (Wildman–Crippen LogP) is 4.38. The van der Waals surface area contributed by atoms with Crippen LogP contribution in [-0.4, -0.2) is 45.0 Å². The first-order chi connectivity index (χ1) is 18.3. The fourth-order valence-corrected chi connectivity index (χ4v) is 4.31. The Kier molecular flexibility index (Phi) is 6.78. The fraction of sp³-hybridized carbons (Fsp3) is 0.250. The number of methoxy groups -OCH3 is 1. The molecule has 2 amide bonds. The minimum absolute atomic E-state index is 0.0947. The number of hydrogen-bond donors (Lipinski definition) is 1. The number of aryl methyl sites for hydroxylation is 2. The average molecular weight is 513 g/mol. The largest absolute Gasteiger partial charge is 0.497 e. The van der Waals surface area contributed by atoms with Gasteiger partial charge in [0, 0.05) is 42.2 Å². The van der Waals surface area contributed by atoms with Crippen LogP contribution < -0.4 is 19.7 Å². The molecule has 1 aliphatic heterocycles. The average Bonchev–Trinajstić information content (AvgIpc) is 3.46. The van der Waals surface area contributed by atoms with Crippen LogP contribution >= 0.6 is 0 Å². The Hall–Kier alpha value is -4.73. The molecule has 3 heterocycles. The first-order valence-corrected chi connectivity index (χ1v) is 12.2. The van der Waals surface area contributed by atoms with Crippen LogP contribution in [0.15, 0.2) is 60.9 Å². The van der Waals surface area contributed by atoms with Crippen molar-refractivity contribution in [2.45, 2.75) is 27.2 Å². The van der Waals surface area contributed by atoms with E-state index >= 15 is 0 Å². The second kappa shape index (κ2) is 10.3. The number of carbonyl (C=O) groups excluding carboxylic acids is 2. The third kappa shape index (κ3) is 5.19. The molecule has 0 spiro atoms. The third-order valence-electron chi connectivity index (χ3n) is 6.50. The Morgan fingerprint density at radius 3 is 2.53 bits per heavy atom. The predicted molar refractivity (Wildman–Crippen MR) is 142 cm³/mol. The molecule has 10 nitrogen and oxygen atoms in total. The van der Waals surface area contributed by atoms with Crippen LogP contribution in [0.1, 0.15) is 23.6 Å². The number of carbonyl (C=O) groups is 2. The first kappa shape index (κ1) is 24.9. The maximum Gasteiger partial charge on any atom is 0.229 e. The van der Waals surface area contributed by atoms with Crippen molar-refractivity contribution in [1.82, 2.24) is 19.5 Å². The summed E-state index contributed by atoms with van der Waals surface area (Å²) in [6.45, 7) is 6.03. The Labute approximate surface area is 220 Å². The number of ether oxygens (including phenoxy) is 2. The van der Waals surface area contributed by atoms with E-state index in [1.807, 2.05) is 36.6 Å². The van der Waals surface area contributed by atoms with Crippen molar-refractivity contribution in [2.75, 3.05) is 23.9 Å². The molecule has 1 fully saturated rings. The van der Waals surface area contributed by atoms with E-state index in [9.17, 15) is 9.59 Å². The summed E-state index contributed by atoms with van der Waals surface area (Å²) < 4.78 is 13.1. The summed E-state index contributed by atoms with van der Waals surface area (Å²) in [5.74, 6) is 2.10. The van der Waals surface area contributed by atoms with E-state index in [-0.39, 0.29) is 18.2 Å². The summed E-state index contributed by atoms with van der Waals surface area (Å²) in [6, 6.07) is 16.0. The number of amides is 2. The van der Waals surface area contributed by atoms with E-state index in [0.717, 1.165) is 11.4 Å². The minimum atomic E-state index is -0.456. The molecule has 1 unspecified atom stereocenters. The fourth-order valence-electron chi connectivity index (χ4n) is 4.31. The van der Waals surface area contributed by atoms with Crippen molar-refractivity contribution < 1.29 is 19.1 Å². The molecule has 2 aromatic heterocycles. The zero-order chi connectivity index (χ0) is 26.8. The zero-order valence-corrected chi connectivity index (χ0v) is 21.6. The standard InChI is InChI=1S/C28H28N6O4/c1-17-18(2)34(16-29-17)25-14-26(31-19(3)30-25)38-23-10-8-21(9-11-23)32-28(36)20-12-27(35)33(15-20)22-6-5-7-24(13-22)37-4/h5-11,13-14,16,20H,12,15H2,1-4H3,(H,32,36). The lowest BCUT2D eigenvalue weighted by Gasteiger charge is -2.17. The van der Waals surface area contributed by atoms with Crippen molar-refractivity contribution in [1.29, 1.82) is 0 Å². The van der Waals surface area contributed by atoms with Crippen molar-refractivity contribution in [2.24, 2.45) is 5.92 Å². The van der Waals surface area contributed by atoms with E-state index in [4.69, 9.17) is 9.47 Å². The molecule has 38 heavy (non-hydrogen) atoms. The molecule has 4 aromatic rings. The van der Waals surface area contributed by atoms with Gasteiger partial charge in [0.05, 0.1) is 18.7 Å². The molecular formula is C28H28N6O4. The number of benzene rings is 2. The molecule has 10 heteroatoms. The van der Waals surface area contributed by atoms with Gasteiger partial charge in [0.1, 0.15) is 29.5 Å². The number of anilines is 2. The molecule has 2 aromatic carbocycles. The maximum atomic E-state index is 12.9. The summed E-state index contributed by atoms with van der Waals surface area (Å²) in [5.41, 5.74) is 3.24. The highest BCUT2D eigenvalue weighted by molar-refractivity contribution is 6.03. The summed E-state index contributed by atoms with van der Waals surface area (Å²) in [5, 5.41) is 2.90. The summed E-state index contributed by atoms with van der Waals surface area (Å²) in [6.07, 6.45) is 1.87. The molecule has 1 aliphatic rings. The van der Waals surface area contributed by atoms with Crippen LogP contribution in [0.2, 0.25) is 0 Å². The van der Waals surface area contributed by atoms with Gasteiger partial charge in [-0.3, -0.25) is 14.2 Å². The minimum Gasteiger partial charge on any atom is -0.497 e. The molecule has 0 saturated carbocycles. The van der Waals surface area contributed by atoms with E-state index in [1.165, 1.54) is 0 Å². The first-order valence-electron chi connectivity index (χ1n) is 12.2. The Morgan fingerprint density at radius 2 is 1.82 bits per heavy atom. The van der Waals surface area contributed by atoms with Gasteiger partial charge in [0.2, 0.25) is 17.7 Å². The van der Waals surface area contributed by atoms with Crippen LogP contribution in [0.3, 0.4) is 0 Å². The number of rotatable bonds is 7. The topological polar surface area (TPSA) is 111 Å². The zero-order valence-electron chi connectivity index (χ0n) is 21.6. The molecule has 1 saturated heterocycles. The van der Waals surface area contributed by atoms with Gasteiger partial charge in [-0.15, -0.1) is 0 Å². The van der Waals surface area contributed by atoms with Gasteiger partial charge in [-0.2, -0.15) is 4.98 Å². The highest BCUT2D eigenvalue weighted by Gasteiger charge is 2.35. The second-order valence-corrected chi connectivity index (χ2v) is 9.12. The SMILES string of the molecule is COc1cccc(N2CC(C(=O)Nc3ccc(Oc4cc(-n5cnc(C)c5C)nc(C)n4)cc3)CC2=O)c1. The van der Waals surface area contributed by atoms with E-state index in [0.29, 0.717) is 46.9 Å². The van der Waals surface area contributed by atoms with Gasteiger partial charge in [-0.25, -0.2) is 9.97 Å². The van der Waals surface area contributed by atoms with Crippen LogP contribution in [0.5, 0.6) is 17.4 Å². The quantitative estimate of drug-likeness (QED) is 0.391. The van der Waals surface area contributed by atoms with Crippen molar-refractivity contribution in [3.63, 3.8) is 0 Å². The van der Waals surface area contributed by atoms with Crippen LogP contribution in [0, 0.1) is 26.7 Å². The van der Waals surface area contributed by atoms with E-state index in [1.54, 1.807) is 61.7 Å². The van der Waals surface area contributed by atoms with Crippen molar-refractivity contribution >= 4 is 23.2 Å². The van der Waals surface area contributed by atoms with Gasteiger partial charge < -0.3 is 19.7 Å². The molecular weight excluding hydrogens is 484 g/mol. The molecule has 0 aliphatic carbocycles. The highest BCUT2D eigenvalue weighted by Crippen LogP contribution is 2.29. The maximum absolute atomic E-state index is 12.9. The number of imidazole rings is 1. The number of nitrogens with zero attached hydrogens (tertiary/aromatic N) is 5. The smallest absolute Gasteiger partial charge is 0.229 e. The van der Waals surface area contributed by atoms with E-state index < -0.39 is 5.92 Å². The Morgan fingerprint density at radius 1 is 1.03 bits per heavy atom. The van der Waals surface area contributed by atoms with Gasteiger partial charge in [0.25, 0.3) is 0 Å². The molecule has 1 N–H and O–H groups in total. The normalized spacial score (nSPS) is 15.0. The Bertz CT molecular complexity index is 1500. The van der Waals surface area contributed by atoms with E-state index in [2.05, 4.69) is 20.3 Å². The monoisotopic (exact) mass is 512 g/mol. The second-order valence-electron chi connectivity index (χ2n) is 9.12. The van der Waals surface area contributed by atoms with Gasteiger partial charge in [0.15, 0.2) is 0 Å². The van der Waals surface area contributed by atoms with Crippen molar-refractivity contribution in [3.05, 3.63) is 78.1 Å². The lowest BCUT2D eigenvalue weighted by atomic mass is 10.1. The lowest BCUT2D eigenvalue weighted by Crippen LogP contribution is -2.28. The summed E-state index contributed by atoms with van der Waals surface area (Å²) in [7, 11) is 1.58. The summed E-state index contributed by atoms with van der Waals surface area (Å²) >= 11 is 0. The third-order valence-corrected chi connectivity index (χ3v) is 6.50. The summed E-state index contributed by atoms with van der Waals surface area (Å²) in [4.78, 5) is 40.3. The molecule has 1 atom stereocenters. The van der Waals surface area contributed by atoms with Crippen LogP contribution in [0.25, 0.3) is 5.82 Å². The molecule has 5 rings (SSSR count). The number of hydrogen-bond acceptors (Lipinski definition) is 7.